The van der Waals surface area contributed by atoms with Crippen LogP contribution in [0.25, 0.3) is 0 Å². The number of halogens is 6. The van der Waals surface area contributed by atoms with Crippen LogP contribution in [0, 0.1) is 0 Å². The molecule has 0 bridgehead atoms. The highest BCUT2D eigenvalue weighted by molar-refractivity contribution is 6.11. The minimum atomic E-state index is -4.84. The highest BCUT2D eigenvalue weighted by Crippen LogP contribution is 2.48. The van der Waals surface area contributed by atoms with Gasteiger partial charge in [0.15, 0.2) is 5.78 Å². The molecular weight excluding hydrogens is 478 g/mol. The van der Waals surface area contributed by atoms with Crippen molar-refractivity contribution in [2.24, 2.45) is 7.05 Å². The third-order valence-electron chi connectivity index (χ3n) is 6.04. The first-order valence-electron chi connectivity index (χ1n) is 10.2. The van der Waals surface area contributed by atoms with E-state index in [0.29, 0.717) is 13.0 Å². The number of anilines is 1. The van der Waals surface area contributed by atoms with Crippen LogP contribution < -0.4 is 4.90 Å². The number of aryl methyl sites for hydroxylation is 1. The molecule has 0 aliphatic carbocycles. The van der Waals surface area contributed by atoms with Crippen LogP contribution in [0.4, 0.5) is 32.0 Å². The normalized spacial score (nSPS) is 15.8. The third-order valence-corrected chi connectivity index (χ3v) is 6.04. The second-order valence-electron chi connectivity index (χ2n) is 8.39. The minimum absolute atomic E-state index is 0.0844. The van der Waals surface area contributed by atoms with Crippen LogP contribution >= 0.6 is 0 Å². The summed E-state index contributed by atoms with van der Waals surface area (Å²) in [5.41, 5.74) is -6.03. The quantitative estimate of drug-likeness (QED) is 0.361. The highest BCUT2D eigenvalue weighted by atomic mass is 19.4. The summed E-state index contributed by atoms with van der Waals surface area (Å²) in [6.07, 6.45) is -3.85. The molecule has 184 valence electrons. The zero-order chi connectivity index (χ0) is 25.9. The van der Waals surface area contributed by atoms with Crippen LogP contribution in [0.15, 0.2) is 42.7 Å². The zero-order valence-corrected chi connectivity index (χ0v) is 18.6. The fourth-order valence-corrected chi connectivity index (χ4v) is 4.00. The molecule has 2 aromatic carbocycles. The van der Waals surface area contributed by atoms with Crippen molar-refractivity contribution in [1.29, 1.82) is 0 Å². The molecule has 12 heteroatoms. The van der Waals surface area contributed by atoms with Gasteiger partial charge in [-0.05, 0) is 49.2 Å². The maximum Gasteiger partial charge on any atom is 0.416 e. The summed E-state index contributed by atoms with van der Waals surface area (Å²) >= 11 is 0. The van der Waals surface area contributed by atoms with E-state index in [1.165, 1.54) is 19.2 Å². The first kappa shape index (κ1) is 24.4. The second-order valence-corrected chi connectivity index (χ2v) is 8.39. The number of hydrogen-bond acceptors (Lipinski definition) is 4. The summed E-state index contributed by atoms with van der Waals surface area (Å²) in [7, 11) is 1.23. The summed E-state index contributed by atoms with van der Waals surface area (Å²) in [6, 6.07) is 6.32. The molecule has 0 saturated carbocycles. The van der Waals surface area contributed by atoms with Crippen LogP contribution in [0.1, 0.15) is 57.1 Å². The number of amides is 1. The monoisotopic (exact) mass is 496 g/mol. The molecule has 0 N–H and O–H groups in total. The van der Waals surface area contributed by atoms with Gasteiger partial charge in [-0.1, -0.05) is 12.1 Å². The summed E-state index contributed by atoms with van der Waals surface area (Å²) < 4.78 is 87.7. The number of carbonyl (C=O) groups excluding carboxylic acids is 2. The molecule has 0 radical (unpaired) electrons. The van der Waals surface area contributed by atoms with E-state index in [4.69, 9.17) is 0 Å². The van der Waals surface area contributed by atoms with Crippen molar-refractivity contribution in [1.82, 2.24) is 14.8 Å². The SMILES string of the molecule is CC(=O)c1cc2c(c(C(F)(F)F)c1)CN(c1cccc([C@@](C)(F)C(F)(F)c3nncn3C)c1)C2=O. The number of alkyl halides is 6. The summed E-state index contributed by atoms with van der Waals surface area (Å²) in [4.78, 5) is 25.7. The predicted octanol–water partition coefficient (Wildman–Crippen LogP) is 5.17. The Morgan fingerprint density at radius 1 is 1.06 bits per heavy atom. The van der Waals surface area contributed by atoms with Crippen LogP contribution in [0.3, 0.4) is 0 Å². The molecule has 1 aliphatic rings. The topological polar surface area (TPSA) is 68.1 Å². The van der Waals surface area contributed by atoms with Gasteiger partial charge in [0.2, 0.25) is 11.5 Å². The Morgan fingerprint density at radius 3 is 2.31 bits per heavy atom. The summed E-state index contributed by atoms with van der Waals surface area (Å²) in [6.45, 7) is 1.18. The van der Waals surface area contributed by atoms with Crippen molar-refractivity contribution in [2.75, 3.05) is 4.90 Å². The van der Waals surface area contributed by atoms with E-state index in [1.807, 2.05) is 0 Å². The van der Waals surface area contributed by atoms with Gasteiger partial charge in [-0.25, -0.2) is 4.39 Å². The Labute approximate surface area is 195 Å². The van der Waals surface area contributed by atoms with Crippen LogP contribution in [0.2, 0.25) is 0 Å². The Bertz CT molecular complexity index is 1350. The molecule has 2 heterocycles. The lowest BCUT2D eigenvalue weighted by atomic mass is 9.90. The van der Waals surface area contributed by atoms with Gasteiger partial charge in [0.1, 0.15) is 6.33 Å². The standard InChI is InChI=1S/C23H18F6N4O2/c1-12(34)13-7-16-17(18(8-13)23(27,28)29)10-33(19(16)35)15-6-4-5-14(9-15)21(2,24)22(25,26)20-31-30-11-32(20)3/h4-9,11H,10H2,1-3H3/t21-/m1/s1. The Morgan fingerprint density at radius 2 is 1.74 bits per heavy atom. The van der Waals surface area contributed by atoms with E-state index in [9.17, 15) is 22.8 Å². The van der Waals surface area contributed by atoms with Gasteiger partial charge in [0.25, 0.3) is 5.91 Å². The van der Waals surface area contributed by atoms with E-state index in [-0.39, 0.29) is 22.4 Å². The molecular formula is C23H18F6N4O2. The van der Waals surface area contributed by atoms with Crippen molar-refractivity contribution in [2.45, 2.75) is 38.2 Å². The number of rotatable bonds is 5. The van der Waals surface area contributed by atoms with Gasteiger partial charge in [0.05, 0.1) is 12.1 Å². The average molecular weight is 496 g/mol. The third kappa shape index (κ3) is 3.86. The Balaban J connectivity index is 1.77. The molecule has 1 aromatic heterocycles. The first-order chi connectivity index (χ1) is 16.2. The predicted molar refractivity (Wildman–Crippen MR) is 112 cm³/mol. The molecule has 0 saturated heterocycles. The molecule has 3 aromatic rings. The molecule has 6 nitrogen and oxygen atoms in total. The van der Waals surface area contributed by atoms with Gasteiger partial charge >= 0.3 is 12.1 Å². The molecule has 0 spiro atoms. The summed E-state index contributed by atoms with van der Waals surface area (Å²) in [5, 5.41) is 6.65. The number of Topliss-reactive ketones (excluding diaryl/α,β-unsaturated/α-hetero) is 1. The smallest absolute Gasteiger partial charge is 0.316 e. The van der Waals surface area contributed by atoms with Gasteiger partial charge < -0.3 is 9.47 Å². The fourth-order valence-electron chi connectivity index (χ4n) is 4.00. The second kappa shape index (κ2) is 7.92. The van der Waals surface area contributed by atoms with Gasteiger partial charge in [-0.2, -0.15) is 22.0 Å². The lowest BCUT2D eigenvalue weighted by molar-refractivity contribution is -0.149. The molecule has 4 rings (SSSR count). The lowest BCUT2D eigenvalue weighted by Crippen LogP contribution is -2.39. The number of carbonyl (C=O) groups is 2. The summed E-state index contributed by atoms with van der Waals surface area (Å²) in [5.74, 6) is -6.59. The maximum atomic E-state index is 15.6. The van der Waals surface area contributed by atoms with Crippen LogP contribution in [-0.2, 0) is 31.4 Å². The maximum absolute atomic E-state index is 15.6. The number of hydrogen-bond donors (Lipinski definition) is 0. The molecule has 1 atom stereocenters. The number of aromatic nitrogens is 3. The van der Waals surface area contributed by atoms with E-state index in [2.05, 4.69) is 10.2 Å². The van der Waals surface area contributed by atoms with E-state index in [0.717, 1.165) is 40.9 Å². The number of fused-ring (bicyclic) bond motifs is 1. The van der Waals surface area contributed by atoms with E-state index in [1.54, 1.807) is 0 Å². The van der Waals surface area contributed by atoms with Gasteiger partial charge in [-0.3, -0.25) is 9.59 Å². The number of ketones is 1. The number of benzene rings is 2. The van der Waals surface area contributed by atoms with Crippen LogP contribution in [0.5, 0.6) is 0 Å². The Kier molecular flexibility index (Phi) is 5.53. The Hall–Kier alpha value is -3.70. The van der Waals surface area contributed by atoms with Gasteiger partial charge in [0, 0.05) is 23.9 Å². The van der Waals surface area contributed by atoms with E-state index < -0.39 is 53.0 Å². The van der Waals surface area contributed by atoms with Gasteiger partial charge in [-0.15, -0.1) is 10.2 Å². The molecule has 1 amide bonds. The van der Waals surface area contributed by atoms with Crippen molar-refractivity contribution in [3.05, 3.63) is 76.4 Å². The highest BCUT2D eigenvalue weighted by Gasteiger charge is 2.57. The van der Waals surface area contributed by atoms with Crippen molar-refractivity contribution in [3.8, 4) is 0 Å². The van der Waals surface area contributed by atoms with Crippen molar-refractivity contribution in [3.63, 3.8) is 0 Å². The van der Waals surface area contributed by atoms with E-state index >= 15 is 13.2 Å². The largest absolute Gasteiger partial charge is 0.416 e. The van der Waals surface area contributed by atoms with Crippen LogP contribution in [-0.4, -0.2) is 26.5 Å². The fraction of sp³-hybridized carbons (Fsp3) is 0.304. The molecule has 35 heavy (non-hydrogen) atoms. The molecule has 0 unspecified atom stereocenters. The lowest BCUT2D eigenvalue weighted by Gasteiger charge is -2.30. The first-order valence-corrected chi connectivity index (χ1v) is 10.2. The number of nitrogens with zero attached hydrogens (tertiary/aromatic N) is 4. The van der Waals surface area contributed by atoms with Crippen molar-refractivity contribution < 1.29 is 35.9 Å². The molecule has 0 fully saturated rings. The average Bonchev–Trinajstić information content (AvgIpc) is 3.36. The molecule has 1 aliphatic heterocycles. The van der Waals surface area contributed by atoms with Crippen molar-refractivity contribution >= 4 is 17.4 Å². The zero-order valence-electron chi connectivity index (χ0n) is 18.6. The minimum Gasteiger partial charge on any atom is -0.316 e.